The van der Waals surface area contributed by atoms with E-state index in [0.717, 1.165) is 24.3 Å². The van der Waals surface area contributed by atoms with E-state index < -0.39 is 17.7 Å². The Morgan fingerprint density at radius 3 is 2.59 bits per heavy atom. The highest BCUT2D eigenvalue weighted by Crippen LogP contribution is 2.32. The molecule has 37 heavy (non-hydrogen) atoms. The van der Waals surface area contributed by atoms with Crippen molar-refractivity contribution in [3.05, 3.63) is 65.0 Å². The Bertz CT molecular complexity index is 1300. The smallest absolute Gasteiger partial charge is 0.343 e. The number of carbonyl (C=O) groups is 2. The third-order valence-corrected chi connectivity index (χ3v) is 6.74. The van der Waals surface area contributed by atoms with Crippen molar-refractivity contribution < 1.29 is 23.5 Å². The van der Waals surface area contributed by atoms with Gasteiger partial charge in [-0.1, -0.05) is 38.7 Å². The number of hydrazone groups is 1. The van der Waals surface area contributed by atoms with E-state index in [4.69, 9.17) is 14.9 Å². The molecule has 2 aromatic carbocycles. The van der Waals surface area contributed by atoms with Crippen molar-refractivity contribution in [2.24, 2.45) is 10.1 Å². The van der Waals surface area contributed by atoms with Gasteiger partial charge < -0.3 is 9.47 Å². The molecule has 192 valence electrons. The van der Waals surface area contributed by atoms with Crippen molar-refractivity contribution in [3.8, 4) is 11.5 Å². The number of thioether (sulfide) groups is 1. The van der Waals surface area contributed by atoms with Crippen molar-refractivity contribution >= 4 is 45.8 Å². The Labute approximate surface area is 218 Å². The summed E-state index contributed by atoms with van der Waals surface area (Å²) in [6.07, 6.45) is 8.04. The van der Waals surface area contributed by atoms with Gasteiger partial charge in [-0.3, -0.25) is 10.2 Å². The molecule has 0 aromatic heterocycles. The molecule has 1 amide bonds. The summed E-state index contributed by atoms with van der Waals surface area (Å²) < 4.78 is 23.9. The van der Waals surface area contributed by atoms with Gasteiger partial charge >= 0.3 is 5.97 Å². The molecule has 4 rings (SSSR count). The molecule has 0 atom stereocenters. The number of nitrogens with zero attached hydrogens (tertiary/aromatic N) is 3. The van der Waals surface area contributed by atoms with Gasteiger partial charge in [-0.15, -0.1) is 0 Å². The molecule has 0 bridgehead atoms. The molecule has 0 saturated heterocycles. The average Bonchev–Trinajstić information content (AvgIpc) is 3.30. The highest BCUT2D eigenvalue weighted by Gasteiger charge is 2.35. The molecule has 0 fully saturated rings. The van der Waals surface area contributed by atoms with Gasteiger partial charge in [0.25, 0.3) is 5.91 Å². The first-order chi connectivity index (χ1) is 17.9. The summed E-state index contributed by atoms with van der Waals surface area (Å²) in [7, 11) is 1.42. The zero-order valence-electron chi connectivity index (χ0n) is 20.6. The first-order valence-corrected chi connectivity index (χ1v) is 12.9. The van der Waals surface area contributed by atoms with Crippen LogP contribution >= 0.6 is 11.8 Å². The normalized spacial score (nSPS) is 16.0. The lowest BCUT2D eigenvalue weighted by molar-refractivity contribution is -0.114. The molecule has 0 unspecified atom stereocenters. The molecule has 2 heterocycles. The van der Waals surface area contributed by atoms with Crippen molar-refractivity contribution in [1.29, 1.82) is 5.41 Å². The summed E-state index contributed by atoms with van der Waals surface area (Å²) in [6.45, 7) is 2.18. The monoisotopic (exact) mass is 522 g/mol. The number of benzene rings is 2. The van der Waals surface area contributed by atoms with Gasteiger partial charge in [-0.2, -0.15) is 15.1 Å². The topological polar surface area (TPSA) is 104 Å². The van der Waals surface area contributed by atoms with E-state index in [1.54, 1.807) is 12.1 Å². The number of halogens is 1. The van der Waals surface area contributed by atoms with Crippen LogP contribution in [0.15, 0.2) is 58.1 Å². The molecule has 2 aliphatic rings. The fraction of sp³-hybridized carbons (Fsp3) is 0.296. The number of ether oxygens (including phenoxy) is 2. The Morgan fingerprint density at radius 2 is 1.86 bits per heavy atom. The Kier molecular flexibility index (Phi) is 8.50. The molecular weight excluding hydrogens is 495 g/mol. The Balaban J connectivity index is 1.48. The second-order valence-corrected chi connectivity index (χ2v) is 9.53. The second kappa shape index (κ2) is 12.0. The number of methoxy groups -OCH3 is 1. The van der Waals surface area contributed by atoms with Crippen LogP contribution in [0.2, 0.25) is 0 Å². The first-order valence-electron chi connectivity index (χ1n) is 12.0. The summed E-state index contributed by atoms with van der Waals surface area (Å²) in [5, 5.41) is 15.7. The fourth-order valence-corrected chi connectivity index (χ4v) is 4.71. The van der Waals surface area contributed by atoms with Crippen LogP contribution in [0.25, 0.3) is 6.08 Å². The molecule has 1 N–H and O–H groups in total. The number of rotatable bonds is 10. The maximum absolute atomic E-state index is 13.1. The largest absolute Gasteiger partial charge is 0.493 e. The van der Waals surface area contributed by atoms with E-state index in [2.05, 4.69) is 17.0 Å². The minimum Gasteiger partial charge on any atom is -0.493 e. The lowest BCUT2D eigenvalue weighted by Crippen LogP contribution is -2.35. The second-order valence-electron chi connectivity index (χ2n) is 8.48. The van der Waals surface area contributed by atoms with E-state index in [-0.39, 0.29) is 28.5 Å². The molecule has 2 aromatic rings. The summed E-state index contributed by atoms with van der Waals surface area (Å²) in [5.41, 5.74) is 0.835. The van der Waals surface area contributed by atoms with E-state index in [1.165, 1.54) is 79.6 Å². The predicted molar refractivity (Wildman–Crippen MR) is 143 cm³/mol. The lowest BCUT2D eigenvalue weighted by atomic mass is 10.1. The highest BCUT2D eigenvalue weighted by molar-refractivity contribution is 8.26. The van der Waals surface area contributed by atoms with Crippen LogP contribution in [-0.2, 0) is 4.79 Å². The molecule has 8 nitrogen and oxygen atoms in total. The summed E-state index contributed by atoms with van der Waals surface area (Å²) in [4.78, 5) is 29.3. The maximum Gasteiger partial charge on any atom is 0.343 e. The van der Waals surface area contributed by atoms with Crippen LogP contribution in [0.3, 0.4) is 0 Å². The van der Waals surface area contributed by atoms with Crippen LogP contribution < -0.4 is 9.47 Å². The number of aliphatic imine (C=N–C) groups is 1. The summed E-state index contributed by atoms with van der Waals surface area (Å²) in [6, 6.07) is 9.75. The number of hydrogen-bond donors (Lipinski definition) is 1. The van der Waals surface area contributed by atoms with Gasteiger partial charge in [0.15, 0.2) is 17.3 Å². The number of carbonyl (C=O) groups excluding carboxylic acids is 2. The molecule has 0 saturated carbocycles. The van der Waals surface area contributed by atoms with Crippen LogP contribution in [-0.4, -0.2) is 40.0 Å². The summed E-state index contributed by atoms with van der Waals surface area (Å²) in [5.74, 6) is -1.27. The van der Waals surface area contributed by atoms with Gasteiger partial charge in [0.2, 0.25) is 5.17 Å². The molecular formula is C27H27FN4O4S. The van der Waals surface area contributed by atoms with Gasteiger partial charge in [0.05, 0.1) is 18.2 Å². The zero-order chi connectivity index (χ0) is 26.4. The van der Waals surface area contributed by atoms with Crippen LogP contribution in [0.4, 0.5) is 4.39 Å². The van der Waals surface area contributed by atoms with Crippen LogP contribution in [0.5, 0.6) is 11.5 Å². The minimum atomic E-state index is -0.666. The Hall–Kier alpha value is -3.79. The van der Waals surface area contributed by atoms with Crippen molar-refractivity contribution in [2.75, 3.05) is 7.11 Å². The van der Waals surface area contributed by atoms with Crippen LogP contribution in [0.1, 0.15) is 61.4 Å². The molecule has 0 radical (unpaired) electrons. The van der Waals surface area contributed by atoms with Gasteiger partial charge in [-0.25, -0.2) is 9.18 Å². The molecule has 0 spiro atoms. The first kappa shape index (κ1) is 26.3. The van der Waals surface area contributed by atoms with Crippen molar-refractivity contribution in [3.63, 3.8) is 0 Å². The van der Waals surface area contributed by atoms with Crippen LogP contribution in [0, 0.1) is 11.2 Å². The lowest BCUT2D eigenvalue weighted by Gasteiger charge is -2.20. The van der Waals surface area contributed by atoms with Gasteiger partial charge in [0, 0.05) is 0 Å². The average molecular weight is 523 g/mol. The Morgan fingerprint density at radius 1 is 1.11 bits per heavy atom. The number of fused-ring (bicyclic) bond motifs is 1. The van der Waals surface area contributed by atoms with Gasteiger partial charge in [-0.05, 0) is 72.6 Å². The highest BCUT2D eigenvalue weighted by atomic mass is 32.2. The number of amides is 1. The number of amidine groups is 2. The quantitative estimate of drug-likeness (QED) is 0.177. The predicted octanol–water partition coefficient (Wildman–Crippen LogP) is 6.03. The van der Waals surface area contributed by atoms with E-state index in [1.807, 2.05) is 0 Å². The molecule has 0 aliphatic carbocycles. The third-order valence-electron chi connectivity index (χ3n) is 5.77. The number of unbranched alkanes of at least 4 members (excludes halogenated alkanes) is 4. The number of nitrogens with one attached hydrogen (secondary N) is 1. The number of esters is 1. The van der Waals surface area contributed by atoms with Gasteiger partial charge in [0.1, 0.15) is 10.9 Å². The van der Waals surface area contributed by atoms with E-state index >= 15 is 0 Å². The SMILES string of the molecule is CCCCCCCC1=NN2C(=N)/C(=C\c3ccc(OC(=O)c4ccc(F)cc4)c(OC)c3)C(=O)N=C2S1. The van der Waals surface area contributed by atoms with Crippen molar-refractivity contribution in [2.45, 2.75) is 45.4 Å². The summed E-state index contributed by atoms with van der Waals surface area (Å²) >= 11 is 1.33. The molecule has 2 aliphatic heterocycles. The van der Waals surface area contributed by atoms with Crippen molar-refractivity contribution in [1.82, 2.24) is 5.01 Å². The third kappa shape index (κ3) is 6.32. The molecule has 10 heteroatoms. The maximum atomic E-state index is 13.1. The number of hydrogen-bond acceptors (Lipinski definition) is 7. The van der Waals surface area contributed by atoms with E-state index in [0.29, 0.717) is 10.7 Å². The zero-order valence-corrected chi connectivity index (χ0v) is 21.4. The standard InChI is InChI=1S/C27H27FN4O4S/c1-3-4-5-6-7-8-23-31-32-24(29)20(25(33)30-27(32)37-23)15-17-9-14-21(22(16-17)35-2)36-26(34)18-10-12-19(28)13-11-18/h9-16,29H,3-8H2,1-2H3/b20-15+,29-24?. The van der Waals surface area contributed by atoms with E-state index in [9.17, 15) is 14.0 Å². The minimum absolute atomic E-state index is 0.0470. The fourth-order valence-electron chi connectivity index (χ4n) is 3.78.